The summed E-state index contributed by atoms with van der Waals surface area (Å²) in [7, 11) is 0. The first kappa shape index (κ1) is 12.2. The summed E-state index contributed by atoms with van der Waals surface area (Å²) in [5, 5.41) is 5.72. The number of nitrogens with zero attached hydrogens (tertiary/aromatic N) is 2. The van der Waals surface area contributed by atoms with Gasteiger partial charge in [-0.1, -0.05) is 31.1 Å². The molecule has 0 saturated heterocycles. The molecular formula is C9H18N2O2. The molecule has 1 atom stereocenters. The first-order valence-electron chi connectivity index (χ1n) is 4.60. The van der Waals surface area contributed by atoms with E-state index >= 15 is 0 Å². The van der Waals surface area contributed by atoms with Crippen molar-refractivity contribution in [2.24, 2.45) is 21.7 Å². The minimum absolute atomic E-state index is 0.0515. The van der Waals surface area contributed by atoms with E-state index in [1.54, 1.807) is 0 Å². The number of hydrogen-bond donors (Lipinski definition) is 0. The molecule has 0 bridgehead atoms. The lowest BCUT2D eigenvalue weighted by atomic mass is 9.82. The molecular weight excluding hydrogens is 168 g/mol. The highest BCUT2D eigenvalue weighted by molar-refractivity contribution is 4.74. The minimum atomic E-state index is -0.0515. The molecule has 0 radical (unpaired) electrons. The molecule has 1 unspecified atom stereocenters. The Labute approximate surface area is 79.0 Å². The Kier molecular flexibility index (Phi) is 5.42. The third-order valence-electron chi connectivity index (χ3n) is 2.11. The molecule has 0 amide bonds. The SMILES string of the molecule is CC(CCN=O)CC(C)(C)CN=O. The second kappa shape index (κ2) is 5.78. The lowest BCUT2D eigenvalue weighted by molar-refractivity contribution is 0.279. The van der Waals surface area contributed by atoms with Crippen LogP contribution >= 0.6 is 0 Å². The summed E-state index contributed by atoms with van der Waals surface area (Å²) in [6, 6.07) is 0. The predicted octanol–water partition coefficient (Wildman–Crippen LogP) is 2.96. The molecule has 4 heteroatoms. The maximum Gasteiger partial charge on any atom is 0.0862 e. The van der Waals surface area contributed by atoms with Crippen LogP contribution in [0.2, 0.25) is 0 Å². The van der Waals surface area contributed by atoms with Crippen LogP contribution in [0.1, 0.15) is 33.6 Å². The van der Waals surface area contributed by atoms with Gasteiger partial charge in [0.2, 0.25) is 0 Å². The summed E-state index contributed by atoms with van der Waals surface area (Å²) in [4.78, 5) is 20.0. The topological polar surface area (TPSA) is 58.9 Å². The third kappa shape index (κ3) is 6.37. The standard InChI is InChI=1S/C9H18N2O2/c1-8(4-5-10-12)6-9(2,3)7-11-13/h8H,4-7H2,1-3H3. The highest BCUT2D eigenvalue weighted by Crippen LogP contribution is 2.27. The van der Waals surface area contributed by atoms with Crippen LogP contribution in [-0.2, 0) is 0 Å². The fourth-order valence-electron chi connectivity index (χ4n) is 1.56. The smallest absolute Gasteiger partial charge is 0.0862 e. The maximum atomic E-state index is 10.1. The number of hydrogen-bond acceptors (Lipinski definition) is 4. The monoisotopic (exact) mass is 186 g/mol. The molecule has 4 nitrogen and oxygen atoms in total. The van der Waals surface area contributed by atoms with Crippen LogP contribution in [0.5, 0.6) is 0 Å². The first-order valence-corrected chi connectivity index (χ1v) is 4.60. The van der Waals surface area contributed by atoms with Gasteiger partial charge >= 0.3 is 0 Å². The molecule has 0 heterocycles. The van der Waals surface area contributed by atoms with Crippen molar-refractivity contribution in [2.75, 3.05) is 13.1 Å². The van der Waals surface area contributed by atoms with Crippen LogP contribution in [0.25, 0.3) is 0 Å². The fourth-order valence-corrected chi connectivity index (χ4v) is 1.56. The third-order valence-corrected chi connectivity index (χ3v) is 2.11. The Morgan fingerprint density at radius 2 is 1.85 bits per heavy atom. The van der Waals surface area contributed by atoms with Crippen LogP contribution in [0.3, 0.4) is 0 Å². The number of rotatable bonds is 7. The molecule has 0 aromatic rings. The zero-order valence-electron chi connectivity index (χ0n) is 8.62. The Hall–Kier alpha value is -0.800. The van der Waals surface area contributed by atoms with Gasteiger partial charge in [-0.15, -0.1) is 0 Å². The van der Waals surface area contributed by atoms with E-state index in [0.29, 0.717) is 19.0 Å². The van der Waals surface area contributed by atoms with Gasteiger partial charge in [-0.05, 0) is 24.2 Å². The van der Waals surface area contributed by atoms with Crippen molar-refractivity contribution in [3.05, 3.63) is 9.81 Å². The van der Waals surface area contributed by atoms with E-state index < -0.39 is 0 Å². The number of nitroso groups, excluding NO2 is 2. The maximum absolute atomic E-state index is 10.1. The van der Waals surface area contributed by atoms with Gasteiger partial charge < -0.3 is 0 Å². The summed E-state index contributed by atoms with van der Waals surface area (Å²) >= 11 is 0. The highest BCUT2D eigenvalue weighted by atomic mass is 16.3. The molecule has 13 heavy (non-hydrogen) atoms. The van der Waals surface area contributed by atoms with Gasteiger partial charge in [0.25, 0.3) is 0 Å². The van der Waals surface area contributed by atoms with E-state index in [1.807, 2.05) is 13.8 Å². The van der Waals surface area contributed by atoms with E-state index in [4.69, 9.17) is 0 Å². The Morgan fingerprint density at radius 1 is 1.23 bits per heavy atom. The quantitative estimate of drug-likeness (QED) is 0.574. The Morgan fingerprint density at radius 3 is 2.31 bits per heavy atom. The van der Waals surface area contributed by atoms with Crippen LogP contribution in [0.15, 0.2) is 10.4 Å². The first-order chi connectivity index (χ1) is 6.02. The van der Waals surface area contributed by atoms with Gasteiger partial charge in [0, 0.05) is 0 Å². The van der Waals surface area contributed by atoms with Crippen molar-refractivity contribution < 1.29 is 0 Å². The van der Waals surface area contributed by atoms with Gasteiger partial charge in [0.05, 0.1) is 13.1 Å². The Balaban J connectivity index is 3.80. The molecule has 0 aromatic heterocycles. The summed E-state index contributed by atoms with van der Waals surface area (Å²) in [6.07, 6.45) is 1.71. The van der Waals surface area contributed by atoms with Crippen LogP contribution in [0.4, 0.5) is 0 Å². The normalized spacial score (nSPS) is 13.8. The van der Waals surface area contributed by atoms with E-state index in [-0.39, 0.29) is 5.41 Å². The fraction of sp³-hybridized carbons (Fsp3) is 1.00. The van der Waals surface area contributed by atoms with Crippen molar-refractivity contribution in [1.82, 2.24) is 0 Å². The van der Waals surface area contributed by atoms with Crippen LogP contribution in [-0.4, -0.2) is 13.1 Å². The van der Waals surface area contributed by atoms with Crippen molar-refractivity contribution in [1.29, 1.82) is 0 Å². The van der Waals surface area contributed by atoms with Crippen molar-refractivity contribution in [3.63, 3.8) is 0 Å². The van der Waals surface area contributed by atoms with Gasteiger partial charge in [0.1, 0.15) is 0 Å². The van der Waals surface area contributed by atoms with Crippen LogP contribution < -0.4 is 0 Å². The molecule has 0 aliphatic heterocycles. The minimum Gasteiger partial charge on any atom is -0.151 e. The van der Waals surface area contributed by atoms with Gasteiger partial charge in [-0.2, -0.15) is 9.81 Å². The summed E-state index contributed by atoms with van der Waals surface area (Å²) in [5.74, 6) is 0.425. The molecule has 0 rings (SSSR count). The molecule has 0 spiro atoms. The summed E-state index contributed by atoms with van der Waals surface area (Å²) < 4.78 is 0. The zero-order chi connectivity index (χ0) is 10.3. The van der Waals surface area contributed by atoms with Crippen molar-refractivity contribution in [3.8, 4) is 0 Å². The molecule has 0 aliphatic carbocycles. The lowest BCUT2D eigenvalue weighted by Crippen LogP contribution is -2.19. The van der Waals surface area contributed by atoms with Gasteiger partial charge in [-0.3, -0.25) is 0 Å². The molecule has 0 saturated carbocycles. The second-order valence-electron chi connectivity index (χ2n) is 4.40. The van der Waals surface area contributed by atoms with Gasteiger partial charge in [0.15, 0.2) is 0 Å². The predicted molar refractivity (Wildman–Crippen MR) is 53.5 cm³/mol. The summed E-state index contributed by atoms with van der Waals surface area (Å²) in [6.45, 7) is 6.80. The lowest BCUT2D eigenvalue weighted by Gasteiger charge is -2.24. The van der Waals surface area contributed by atoms with Crippen LogP contribution in [0, 0.1) is 21.1 Å². The van der Waals surface area contributed by atoms with E-state index in [9.17, 15) is 9.81 Å². The summed E-state index contributed by atoms with van der Waals surface area (Å²) in [5.41, 5.74) is -0.0515. The van der Waals surface area contributed by atoms with Gasteiger partial charge in [-0.25, -0.2) is 0 Å². The van der Waals surface area contributed by atoms with Crippen molar-refractivity contribution >= 4 is 0 Å². The largest absolute Gasteiger partial charge is 0.151 e. The zero-order valence-corrected chi connectivity index (χ0v) is 8.62. The average Bonchev–Trinajstić information content (AvgIpc) is 1.99. The molecule has 76 valence electrons. The molecule has 0 fully saturated rings. The molecule has 0 N–H and O–H groups in total. The van der Waals surface area contributed by atoms with Crippen molar-refractivity contribution in [2.45, 2.75) is 33.6 Å². The van der Waals surface area contributed by atoms with E-state index in [2.05, 4.69) is 17.3 Å². The highest BCUT2D eigenvalue weighted by Gasteiger charge is 2.21. The molecule has 0 aromatic carbocycles. The van der Waals surface area contributed by atoms with E-state index in [1.165, 1.54) is 0 Å². The second-order valence-corrected chi connectivity index (χ2v) is 4.40. The Bertz CT molecular complexity index is 169. The van der Waals surface area contributed by atoms with E-state index in [0.717, 1.165) is 12.8 Å². The molecule has 0 aliphatic rings. The average molecular weight is 186 g/mol.